The van der Waals surface area contributed by atoms with Crippen LogP contribution in [0.4, 0.5) is 0 Å². The number of hydrogen-bond donors (Lipinski definition) is 1. The Kier molecular flexibility index (Phi) is 5.65. The van der Waals surface area contributed by atoms with Gasteiger partial charge in [-0.05, 0) is 53.9 Å². The van der Waals surface area contributed by atoms with Gasteiger partial charge in [-0.1, -0.05) is 11.6 Å². The van der Waals surface area contributed by atoms with E-state index in [4.69, 9.17) is 11.6 Å². The molecule has 114 valence electrons. The van der Waals surface area contributed by atoms with Crippen molar-refractivity contribution in [3.8, 4) is 0 Å². The molecular formula is C15H18BrClN2O2. The van der Waals surface area contributed by atoms with E-state index in [0.717, 1.165) is 4.47 Å². The third-order valence-corrected chi connectivity index (χ3v) is 4.59. The van der Waals surface area contributed by atoms with Crippen LogP contribution in [-0.4, -0.2) is 36.3 Å². The number of piperidine rings is 1. The number of nitrogens with one attached hydrogen (secondary N) is 1. The Labute approximate surface area is 138 Å². The Balaban J connectivity index is 2.00. The van der Waals surface area contributed by atoms with Gasteiger partial charge in [0.25, 0.3) is 5.91 Å². The molecule has 4 nitrogen and oxygen atoms in total. The van der Waals surface area contributed by atoms with Crippen LogP contribution < -0.4 is 5.32 Å². The summed E-state index contributed by atoms with van der Waals surface area (Å²) in [6, 6.07) is 5.19. The van der Waals surface area contributed by atoms with Crippen LogP contribution in [0.2, 0.25) is 5.02 Å². The normalized spacial score (nSPS) is 15.9. The molecule has 6 heteroatoms. The zero-order valence-electron chi connectivity index (χ0n) is 11.9. The maximum absolute atomic E-state index is 12.5. The molecule has 0 spiro atoms. The zero-order valence-corrected chi connectivity index (χ0v) is 14.2. The summed E-state index contributed by atoms with van der Waals surface area (Å²) in [7, 11) is 0. The average molecular weight is 374 g/mol. The van der Waals surface area contributed by atoms with Crippen LogP contribution in [0.25, 0.3) is 0 Å². The average Bonchev–Trinajstić information content (AvgIpc) is 2.49. The number of nitrogens with zero attached hydrogens (tertiary/aromatic N) is 1. The van der Waals surface area contributed by atoms with Crippen molar-refractivity contribution in [1.29, 1.82) is 0 Å². The van der Waals surface area contributed by atoms with E-state index in [-0.39, 0.29) is 17.7 Å². The number of likely N-dealkylation sites (tertiary alicyclic amines) is 1. The Bertz CT molecular complexity index is 542. The Morgan fingerprint density at radius 1 is 1.38 bits per heavy atom. The van der Waals surface area contributed by atoms with Crippen molar-refractivity contribution in [3.05, 3.63) is 33.3 Å². The molecule has 0 atom stereocenters. The van der Waals surface area contributed by atoms with Crippen molar-refractivity contribution in [2.45, 2.75) is 19.8 Å². The van der Waals surface area contributed by atoms with Gasteiger partial charge in [-0.3, -0.25) is 9.59 Å². The van der Waals surface area contributed by atoms with Crippen LogP contribution in [0.1, 0.15) is 30.1 Å². The summed E-state index contributed by atoms with van der Waals surface area (Å²) in [5.74, 6) is 0.0593. The van der Waals surface area contributed by atoms with E-state index in [1.165, 1.54) is 0 Å². The molecule has 0 unspecified atom stereocenters. The van der Waals surface area contributed by atoms with Crippen molar-refractivity contribution in [1.82, 2.24) is 10.2 Å². The van der Waals surface area contributed by atoms with Crippen LogP contribution in [0, 0.1) is 5.92 Å². The number of halogens is 2. The highest BCUT2D eigenvalue weighted by Gasteiger charge is 2.28. The van der Waals surface area contributed by atoms with Crippen molar-refractivity contribution < 1.29 is 9.59 Å². The van der Waals surface area contributed by atoms with E-state index in [2.05, 4.69) is 21.2 Å². The smallest absolute Gasteiger partial charge is 0.255 e. The highest BCUT2D eigenvalue weighted by molar-refractivity contribution is 9.10. The van der Waals surface area contributed by atoms with Crippen molar-refractivity contribution in [2.75, 3.05) is 19.6 Å². The molecule has 0 aliphatic carbocycles. The highest BCUT2D eigenvalue weighted by atomic mass is 79.9. The first-order valence-electron chi connectivity index (χ1n) is 7.05. The number of carbonyl (C=O) groups is 2. The molecule has 2 rings (SSSR count). The van der Waals surface area contributed by atoms with Crippen molar-refractivity contribution >= 4 is 39.3 Å². The third-order valence-electron chi connectivity index (χ3n) is 3.66. The van der Waals surface area contributed by atoms with Gasteiger partial charge < -0.3 is 10.2 Å². The first-order chi connectivity index (χ1) is 10.0. The summed E-state index contributed by atoms with van der Waals surface area (Å²) in [5.41, 5.74) is 0.568. The molecular weight excluding hydrogens is 356 g/mol. The molecule has 0 saturated carbocycles. The summed E-state index contributed by atoms with van der Waals surface area (Å²) in [5, 5.41) is 3.38. The second kappa shape index (κ2) is 7.27. The Morgan fingerprint density at radius 2 is 2.05 bits per heavy atom. The number of hydrogen-bond acceptors (Lipinski definition) is 2. The van der Waals surface area contributed by atoms with Crippen LogP contribution >= 0.6 is 27.5 Å². The summed E-state index contributed by atoms with van der Waals surface area (Å²) >= 11 is 9.34. The molecule has 0 bridgehead atoms. The van der Waals surface area contributed by atoms with Gasteiger partial charge in [0.1, 0.15) is 0 Å². The fourth-order valence-electron chi connectivity index (χ4n) is 2.50. The molecule has 2 amide bonds. The van der Waals surface area contributed by atoms with E-state index in [9.17, 15) is 9.59 Å². The highest BCUT2D eigenvalue weighted by Crippen LogP contribution is 2.25. The molecule has 1 aliphatic rings. The fraction of sp³-hybridized carbons (Fsp3) is 0.467. The molecule has 1 aromatic rings. The first-order valence-corrected chi connectivity index (χ1v) is 8.22. The first kappa shape index (κ1) is 16.3. The summed E-state index contributed by atoms with van der Waals surface area (Å²) < 4.78 is 0.739. The summed E-state index contributed by atoms with van der Waals surface area (Å²) in [4.78, 5) is 26.1. The quantitative estimate of drug-likeness (QED) is 0.885. The van der Waals surface area contributed by atoms with Crippen molar-refractivity contribution in [2.24, 2.45) is 5.92 Å². The van der Waals surface area contributed by atoms with Crippen LogP contribution in [0.5, 0.6) is 0 Å². The zero-order chi connectivity index (χ0) is 15.4. The second-order valence-electron chi connectivity index (χ2n) is 5.09. The standard InChI is InChI=1S/C15H18BrClN2O2/c1-2-18-14(20)10-5-7-19(8-6-10)15(21)12-9-11(17)3-4-13(12)16/h3-4,9-10H,2,5-8H2,1H3,(H,18,20). The monoisotopic (exact) mass is 372 g/mol. The lowest BCUT2D eigenvalue weighted by Gasteiger charge is -2.31. The topological polar surface area (TPSA) is 49.4 Å². The fourth-order valence-corrected chi connectivity index (χ4v) is 3.08. The van der Waals surface area contributed by atoms with Gasteiger partial charge in [0, 0.05) is 35.0 Å². The largest absolute Gasteiger partial charge is 0.356 e. The van der Waals surface area contributed by atoms with E-state index < -0.39 is 0 Å². The third kappa shape index (κ3) is 3.98. The van der Waals surface area contributed by atoms with Crippen LogP contribution in [-0.2, 0) is 4.79 Å². The van der Waals surface area contributed by atoms with Gasteiger partial charge in [-0.2, -0.15) is 0 Å². The van der Waals surface area contributed by atoms with Gasteiger partial charge >= 0.3 is 0 Å². The molecule has 1 fully saturated rings. The predicted octanol–water partition coefficient (Wildman–Crippen LogP) is 3.09. The van der Waals surface area contributed by atoms with Crippen LogP contribution in [0.3, 0.4) is 0 Å². The number of benzene rings is 1. The lowest BCUT2D eigenvalue weighted by Crippen LogP contribution is -2.43. The molecule has 1 N–H and O–H groups in total. The van der Waals surface area contributed by atoms with E-state index >= 15 is 0 Å². The molecule has 1 aliphatic heterocycles. The van der Waals surface area contributed by atoms with Gasteiger partial charge in [-0.15, -0.1) is 0 Å². The lowest BCUT2D eigenvalue weighted by atomic mass is 9.95. The molecule has 21 heavy (non-hydrogen) atoms. The van der Waals surface area contributed by atoms with Gasteiger partial charge in [0.15, 0.2) is 0 Å². The summed E-state index contributed by atoms with van der Waals surface area (Å²) in [6.45, 7) is 3.75. The summed E-state index contributed by atoms with van der Waals surface area (Å²) in [6.07, 6.45) is 1.41. The van der Waals surface area contributed by atoms with Gasteiger partial charge in [0.2, 0.25) is 5.91 Å². The predicted molar refractivity (Wildman–Crippen MR) is 86.5 cm³/mol. The second-order valence-corrected chi connectivity index (χ2v) is 6.38. The minimum absolute atomic E-state index is 0.0109. The number of carbonyl (C=O) groups excluding carboxylic acids is 2. The molecule has 0 radical (unpaired) electrons. The van der Waals surface area contributed by atoms with E-state index in [1.54, 1.807) is 23.1 Å². The van der Waals surface area contributed by atoms with Gasteiger partial charge in [-0.25, -0.2) is 0 Å². The Morgan fingerprint density at radius 3 is 2.67 bits per heavy atom. The van der Waals surface area contributed by atoms with Crippen molar-refractivity contribution in [3.63, 3.8) is 0 Å². The number of rotatable bonds is 3. The SMILES string of the molecule is CCNC(=O)C1CCN(C(=O)c2cc(Cl)ccc2Br)CC1. The van der Waals surface area contributed by atoms with E-state index in [1.807, 2.05) is 6.92 Å². The van der Waals surface area contributed by atoms with E-state index in [0.29, 0.717) is 43.1 Å². The minimum Gasteiger partial charge on any atom is -0.356 e. The molecule has 1 saturated heterocycles. The molecule has 1 aromatic carbocycles. The maximum Gasteiger partial charge on any atom is 0.255 e. The van der Waals surface area contributed by atoms with Crippen LogP contribution in [0.15, 0.2) is 22.7 Å². The molecule has 1 heterocycles. The number of amides is 2. The lowest BCUT2D eigenvalue weighted by molar-refractivity contribution is -0.126. The molecule has 0 aromatic heterocycles. The van der Waals surface area contributed by atoms with Gasteiger partial charge in [0.05, 0.1) is 5.56 Å². The maximum atomic E-state index is 12.5. The Hall–Kier alpha value is -1.07. The minimum atomic E-state index is -0.0428.